The van der Waals surface area contributed by atoms with Gasteiger partial charge in [0.15, 0.2) is 11.5 Å². The van der Waals surface area contributed by atoms with Crippen molar-refractivity contribution in [1.82, 2.24) is 0 Å². The summed E-state index contributed by atoms with van der Waals surface area (Å²) in [5.41, 5.74) is 0.304. The summed E-state index contributed by atoms with van der Waals surface area (Å²) < 4.78 is 105. The van der Waals surface area contributed by atoms with Crippen molar-refractivity contribution in [2.75, 3.05) is 0 Å². The van der Waals surface area contributed by atoms with Crippen molar-refractivity contribution >= 4 is 49.7 Å². The number of nitro groups is 2. The molecule has 0 fully saturated rings. The molecular weight excluding hydrogens is 862 g/mol. The number of halogens is 2. The average molecular weight is 906 g/mol. The normalized spacial score (nSPS) is 16.5. The van der Waals surface area contributed by atoms with E-state index >= 15 is 0 Å². The zero-order chi connectivity index (χ0) is 39.7. The van der Waals surface area contributed by atoms with Gasteiger partial charge in [0.05, 0.1) is 17.3 Å². The first-order valence-electron chi connectivity index (χ1n) is 15.6. The molecule has 2 rings (SSSR count). The Balaban J connectivity index is -0.000000210. The van der Waals surface area contributed by atoms with Crippen LogP contribution in [0, 0.1) is 40.0 Å². The number of aryl methyl sites for hydroxylation is 2. The van der Waals surface area contributed by atoms with E-state index in [0.717, 1.165) is 24.6 Å². The molecule has 0 aliphatic rings. The van der Waals surface area contributed by atoms with Crippen molar-refractivity contribution in [3.05, 3.63) is 64.6 Å². The largest absolute Gasteiger partial charge is 1.00 e. The standard InChI is InChI=1S/C10H12BrNO3.C7H6BrNO3.C4H10.CH2O3.2Cs.H/c1-6(2)15-10-5-8(11)7(3)4-9(10)12(13)14;1-4-2-6(9(11)12)7(10)3-5(4)8;1-4(2)3;2-1-4-3;;;/h4-6H,1-3H3;2-3,10H,1H3;4H,1-3H3;1,3H;;;/q;;;;2*+1;-1/p-1/i1D3,2D3,6D;;1D3,2D3,4D;;;;. The van der Waals surface area contributed by atoms with E-state index in [1.807, 2.05) is 0 Å². The van der Waals surface area contributed by atoms with Gasteiger partial charge in [0.25, 0.3) is 6.47 Å². The number of nitrogens with zero attached hydrogens (tertiary/aromatic N) is 2. The van der Waals surface area contributed by atoms with Crippen LogP contribution < -0.4 is 148 Å². The van der Waals surface area contributed by atoms with Crippen LogP contribution in [0.5, 0.6) is 11.5 Å². The van der Waals surface area contributed by atoms with Crippen LogP contribution in [0.15, 0.2) is 33.2 Å². The summed E-state index contributed by atoms with van der Waals surface area (Å²) in [6.07, 6.45) is -3.33. The van der Waals surface area contributed by atoms with Crippen LogP contribution in [0.25, 0.3) is 0 Å². The Kier molecular flexibility index (Phi) is 15.5. The minimum absolute atomic E-state index is 0. The molecular formula is C22H30Br2Cs2N2O9. The molecule has 2 aromatic rings. The van der Waals surface area contributed by atoms with Crippen LogP contribution in [-0.2, 0) is 9.68 Å². The number of phenolic OH excluding ortho intramolecular Hbond substituents is 1. The van der Waals surface area contributed by atoms with Crippen molar-refractivity contribution in [3.63, 3.8) is 0 Å². The molecule has 0 heterocycles. The van der Waals surface area contributed by atoms with E-state index in [1.165, 1.54) is 12.1 Å². The number of ether oxygens (including phenoxy) is 1. The summed E-state index contributed by atoms with van der Waals surface area (Å²) in [6.45, 7) is -8.23. The number of phenols is 1. The van der Waals surface area contributed by atoms with Gasteiger partial charge in [-0.3, -0.25) is 25.0 Å². The molecule has 0 saturated heterocycles. The number of carbonyl (C=O) groups excluding carboxylic acids is 1. The van der Waals surface area contributed by atoms with Crippen molar-refractivity contribution < 1.29 is 193 Å². The molecule has 0 bridgehead atoms. The van der Waals surface area contributed by atoms with Crippen LogP contribution >= 0.6 is 31.9 Å². The minimum Gasteiger partial charge on any atom is -1.00 e. The number of hydrogen-bond donors (Lipinski definition) is 1. The second kappa shape index (κ2) is 25.1. The quantitative estimate of drug-likeness (QED) is 0.189. The van der Waals surface area contributed by atoms with Gasteiger partial charge in [-0.15, -0.1) is 0 Å². The molecule has 198 valence electrons. The first-order chi connectivity index (χ1) is 21.6. The van der Waals surface area contributed by atoms with E-state index in [1.54, 1.807) is 13.8 Å². The van der Waals surface area contributed by atoms with Crippen molar-refractivity contribution in [2.24, 2.45) is 5.89 Å². The fourth-order valence-electron chi connectivity index (χ4n) is 1.78. The summed E-state index contributed by atoms with van der Waals surface area (Å²) in [6, 6.07) is 4.81. The third-order valence-corrected chi connectivity index (χ3v) is 4.85. The average Bonchev–Trinajstić information content (AvgIpc) is 2.90. The van der Waals surface area contributed by atoms with Crippen LogP contribution in [0.1, 0.15) is 66.1 Å². The third-order valence-electron chi connectivity index (χ3n) is 3.14. The summed E-state index contributed by atoms with van der Waals surface area (Å²) in [7, 11) is 0. The molecule has 0 spiro atoms. The zero-order valence-electron chi connectivity index (χ0n) is 35.3. The molecule has 0 aliphatic heterocycles. The van der Waals surface area contributed by atoms with Gasteiger partial charge in [-0.05, 0) is 44.6 Å². The second-order valence-corrected chi connectivity index (χ2v) is 7.63. The Hall–Kier alpha value is 1.33. The van der Waals surface area contributed by atoms with Crippen LogP contribution in [-0.4, -0.2) is 27.5 Å². The topological polar surface area (TPSA) is 165 Å². The molecule has 0 aromatic heterocycles. The number of aromatic hydroxyl groups is 1. The fourth-order valence-corrected chi connectivity index (χ4v) is 2.44. The first kappa shape index (κ1) is 22.9. The molecule has 0 atom stereocenters. The fraction of sp³-hybridized carbons (Fsp3) is 0.409. The maximum atomic E-state index is 11.0. The summed E-state index contributed by atoms with van der Waals surface area (Å²) >= 11 is 6.24. The Labute approximate surface area is 372 Å². The number of nitro benzene ring substituents is 2. The van der Waals surface area contributed by atoms with Gasteiger partial charge in [-0.1, -0.05) is 52.5 Å². The number of rotatable bonds is 5. The monoisotopic (exact) mass is 904 g/mol. The summed E-state index contributed by atoms with van der Waals surface area (Å²) in [5.74, 6) is -3.30. The maximum absolute atomic E-state index is 11.0. The zero-order valence-corrected chi connectivity index (χ0v) is 36.0. The van der Waals surface area contributed by atoms with Gasteiger partial charge in [0.2, 0.25) is 0 Å². The molecule has 0 saturated carbocycles. The predicted molar refractivity (Wildman–Crippen MR) is 137 cm³/mol. The summed E-state index contributed by atoms with van der Waals surface area (Å²) in [4.78, 5) is 31.1. The minimum atomic E-state index is -3.34. The van der Waals surface area contributed by atoms with E-state index in [4.69, 9.17) is 39.1 Å². The van der Waals surface area contributed by atoms with E-state index < -0.39 is 60.7 Å². The molecule has 1 N–H and O–H groups in total. The van der Waals surface area contributed by atoms with Crippen LogP contribution in [0.4, 0.5) is 11.4 Å². The van der Waals surface area contributed by atoms with Gasteiger partial charge in [0, 0.05) is 51.0 Å². The van der Waals surface area contributed by atoms with Crippen LogP contribution in [0.2, 0.25) is 0 Å². The third kappa shape index (κ3) is 21.7. The van der Waals surface area contributed by atoms with E-state index in [-0.39, 0.29) is 157 Å². The molecule has 2 aromatic carbocycles. The molecule has 37 heavy (non-hydrogen) atoms. The number of benzene rings is 2. The molecule has 0 radical (unpaired) electrons. The molecule has 0 unspecified atom stereocenters. The SMILES string of the molecule is Cc1cc([N+](=O)[O-])c(O)cc1Br.O=CO[O-].[2H]C([2H])([2H])C([2H])(C)C([2H])([2H])[2H].[2H]C([2H])([2H])C([2H])(Oc1cc(Br)c(C)cc1[N+](=O)[O-])C([2H])([2H])[2H].[Cs+].[Cs+].[H-]. The predicted octanol–water partition coefficient (Wildman–Crippen LogP) is 0.0417. The van der Waals surface area contributed by atoms with Gasteiger partial charge in [-0.25, -0.2) is 0 Å². The molecule has 0 aliphatic carbocycles. The molecule has 11 nitrogen and oxygen atoms in total. The van der Waals surface area contributed by atoms with Crippen molar-refractivity contribution in [2.45, 2.75) is 54.3 Å². The second-order valence-electron chi connectivity index (χ2n) is 5.92. The van der Waals surface area contributed by atoms with E-state index in [9.17, 15) is 20.2 Å². The Bertz CT molecular complexity index is 1450. The van der Waals surface area contributed by atoms with Gasteiger partial charge in [-0.2, -0.15) is 0 Å². The first-order valence-corrected chi connectivity index (χ1v) is 10.2. The van der Waals surface area contributed by atoms with Gasteiger partial charge in [0.1, 0.15) is 0 Å². The Morgan fingerprint density at radius 3 is 1.78 bits per heavy atom. The molecule has 15 heteroatoms. The van der Waals surface area contributed by atoms with Gasteiger partial charge >= 0.3 is 149 Å². The summed E-state index contributed by atoms with van der Waals surface area (Å²) in [5, 5.41) is 38.9. The Morgan fingerprint density at radius 1 is 1.00 bits per heavy atom. The Morgan fingerprint density at radius 2 is 1.43 bits per heavy atom. The van der Waals surface area contributed by atoms with Crippen LogP contribution in [0.3, 0.4) is 0 Å². The van der Waals surface area contributed by atoms with Crippen molar-refractivity contribution in [1.29, 1.82) is 0 Å². The van der Waals surface area contributed by atoms with Crippen molar-refractivity contribution in [3.8, 4) is 11.5 Å². The number of hydrogen-bond acceptors (Lipinski definition) is 9. The van der Waals surface area contributed by atoms with E-state index in [0.29, 0.717) is 14.5 Å². The smallest absolute Gasteiger partial charge is 1.00 e. The van der Waals surface area contributed by atoms with E-state index in [2.05, 4.69) is 36.7 Å². The van der Waals surface area contributed by atoms with Gasteiger partial charge < -0.3 is 21.4 Å². The number of carbonyl (C=O) groups is 1. The maximum Gasteiger partial charge on any atom is 1.00 e. The molecule has 0 amide bonds.